The van der Waals surface area contributed by atoms with Gasteiger partial charge in [-0.1, -0.05) is 17.7 Å². The number of halogens is 4. The molecule has 0 fully saturated rings. The van der Waals surface area contributed by atoms with Crippen molar-refractivity contribution in [3.05, 3.63) is 88.2 Å². The molecule has 11 heteroatoms. The molecule has 1 heterocycles. The Kier molecular flexibility index (Phi) is 5.89. The number of carbonyl (C=O) groups is 2. The van der Waals surface area contributed by atoms with E-state index in [4.69, 9.17) is 11.6 Å². The van der Waals surface area contributed by atoms with Crippen LogP contribution in [-0.2, 0) is 10.0 Å². The molecule has 3 aromatic rings. The molecule has 0 unspecified atom stereocenters. The van der Waals surface area contributed by atoms with Gasteiger partial charge in [-0.3, -0.25) is 13.9 Å². The molecule has 3 aromatic carbocycles. The van der Waals surface area contributed by atoms with Crippen molar-refractivity contribution in [3.8, 4) is 0 Å². The van der Waals surface area contributed by atoms with Crippen molar-refractivity contribution in [2.24, 2.45) is 0 Å². The summed E-state index contributed by atoms with van der Waals surface area (Å²) >= 11 is 5.91. The predicted octanol–water partition coefficient (Wildman–Crippen LogP) is 4.79. The Balaban J connectivity index is 1.74. The lowest BCUT2D eigenvalue weighted by molar-refractivity contribution is 0.0981. The maximum absolute atomic E-state index is 14.1. The summed E-state index contributed by atoms with van der Waals surface area (Å²) in [6.45, 7) is -0.246. The molecule has 0 bridgehead atoms. The molecule has 0 saturated heterocycles. The van der Waals surface area contributed by atoms with Gasteiger partial charge in [-0.2, -0.15) is 0 Å². The topological polar surface area (TPSA) is 83.6 Å². The summed E-state index contributed by atoms with van der Waals surface area (Å²) in [7, 11) is -4.37. The van der Waals surface area contributed by atoms with E-state index in [9.17, 15) is 31.2 Å². The number of ketones is 1. The third-order valence-electron chi connectivity index (χ3n) is 5.04. The number of benzene rings is 3. The summed E-state index contributed by atoms with van der Waals surface area (Å²) in [4.78, 5) is 24.4. The molecular formula is C22H14ClF3N2O4S. The highest BCUT2D eigenvalue weighted by atomic mass is 35.5. The standard InChI is InChI=1S/C22H14ClF3N2O4S/c23-15-2-1-3-17(25)21(15)22(30)27-12-4-6-14-19(10-12)28(9-8-20(14)29)33(31,32)13-5-7-16(24)18(26)11-13/h1-7,10-11H,8-9H2,(H,27,30). The minimum atomic E-state index is -4.37. The second kappa shape index (κ2) is 8.53. The Morgan fingerprint density at radius 3 is 2.42 bits per heavy atom. The maximum Gasteiger partial charge on any atom is 0.264 e. The van der Waals surface area contributed by atoms with E-state index in [1.54, 1.807) is 0 Å². The molecule has 0 radical (unpaired) electrons. The second-order valence-electron chi connectivity index (χ2n) is 7.11. The molecule has 0 saturated carbocycles. The molecule has 4 rings (SSSR count). The van der Waals surface area contributed by atoms with Crippen molar-refractivity contribution in [1.82, 2.24) is 0 Å². The highest BCUT2D eigenvalue weighted by Gasteiger charge is 2.33. The van der Waals surface area contributed by atoms with E-state index >= 15 is 0 Å². The minimum absolute atomic E-state index is 0.0617. The van der Waals surface area contributed by atoms with E-state index < -0.39 is 43.8 Å². The smallest absolute Gasteiger partial charge is 0.264 e. The molecule has 1 aliphatic heterocycles. The second-order valence-corrected chi connectivity index (χ2v) is 9.38. The SMILES string of the molecule is O=C1CCN(S(=O)(=O)c2ccc(F)c(F)c2)c2cc(NC(=O)c3c(F)cccc3Cl)ccc21. The molecule has 1 aliphatic rings. The number of anilines is 2. The summed E-state index contributed by atoms with van der Waals surface area (Å²) in [6, 6.07) is 9.79. The van der Waals surface area contributed by atoms with Gasteiger partial charge in [-0.25, -0.2) is 21.6 Å². The lowest BCUT2D eigenvalue weighted by Gasteiger charge is -2.30. The zero-order valence-electron chi connectivity index (χ0n) is 16.6. The van der Waals surface area contributed by atoms with Crippen LogP contribution < -0.4 is 9.62 Å². The summed E-state index contributed by atoms with van der Waals surface area (Å²) < 4.78 is 68.2. The van der Waals surface area contributed by atoms with Crippen molar-refractivity contribution in [3.63, 3.8) is 0 Å². The fourth-order valence-electron chi connectivity index (χ4n) is 3.43. The number of nitrogens with zero attached hydrogens (tertiary/aromatic N) is 1. The van der Waals surface area contributed by atoms with Crippen molar-refractivity contribution in [1.29, 1.82) is 0 Å². The van der Waals surface area contributed by atoms with Crippen LogP contribution in [0.4, 0.5) is 24.5 Å². The molecule has 6 nitrogen and oxygen atoms in total. The first-order chi connectivity index (χ1) is 15.6. The van der Waals surface area contributed by atoms with Crippen molar-refractivity contribution < 1.29 is 31.2 Å². The van der Waals surface area contributed by atoms with Gasteiger partial charge in [0.2, 0.25) is 0 Å². The highest BCUT2D eigenvalue weighted by molar-refractivity contribution is 7.92. The van der Waals surface area contributed by atoms with Crippen LogP contribution in [0.15, 0.2) is 59.5 Å². The number of rotatable bonds is 4. The van der Waals surface area contributed by atoms with Crippen LogP contribution in [0.2, 0.25) is 5.02 Å². The Hall–Kier alpha value is -3.37. The number of carbonyl (C=O) groups excluding carboxylic acids is 2. The number of Topliss-reactive ketones (excluding diaryl/α,β-unsaturated/α-hetero) is 1. The summed E-state index contributed by atoms with van der Waals surface area (Å²) in [5.41, 5.74) is -0.333. The molecule has 0 aliphatic carbocycles. The van der Waals surface area contributed by atoms with Crippen LogP contribution in [0.3, 0.4) is 0 Å². The molecule has 0 atom stereocenters. The number of amides is 1. The van der Waals surface area contributed by atoms with E-state index in [1.807, 2.05) is 0 Å². The van der Waals surface area contributed by atoms with Gasteiger partial charge in [-0.15, -0.1) is 0 Å². The summed E-state index contributed by atoms with van der Waals surface area (Å²) in [5.74, 6) is -4.62. The quantitative estimate of drug-likeness (QED) is 0.565. The van der Waals surface area contributed by atoms with Crippen LogP contribution in [0.5, 0.6) is 0 Å². The zero-order valence-corrected chi connectivity index (χ0v) is 18.2. The van der Waals surface area contributed by atoms with Crippen LogP contribution in [0, 0.1) is 17.5 Å². The van der Waals surface area contributed by atoms with E-state index in [-0.39, 0.29) is 40.7 Å². The summed E-state index contributed by atoms with van der Waals surface area (Å²) in [6.07, 6.45) is -0.132. The van der Waals surface area contributed by atoms with Gasteiger partial charge in [0.1, 0.15) is 5.82 Å². The van der Waals surface area contributed by atoms with Crippen LogP contribution in [0.25, 0.3) is 0 Å². The molecule has 1 amide bonds. The molecule has 0 aromatic heterocycles. The van der Waals surface area contributed by atoms with Crippen LogP contribution >= 0.6 is 11.6 Å². The Morgan fingerprint density at radius 1 is 0.970 bits per heavy atom. The Morgan fingerprint density at radius 2 is 1.73 bits per heavy atom. The van der Waals surface area contributed by atoms with E-state index in [2.05, 4.69) is 5.32 Å². The number of nitrogens with one attached hydrogen (secondary N) is 1. The minimum Gasteiger partial charge on any atom is -0.322 e. The summed E-state index contributed by atoms with van der Waals surface area (Å²) in [5, 5.41) is 2.31. The molecule has 170 valence electrons. The fourth-order valence-corrected chi connectivity index (χ4v) is 5.17. The lowest BCUT2D eigenvalue weighted by atomic mass is 10.0. The largest absolute Gasteiger partial charge is 0.322 e. The molecule has 0 spiro atoms. The van der Waals surface area contributed by atoms with Gasteiger partial charge in [0, 0.05) is 24.2 Å². The first kappa shape index (κ1) is 22.8. The van der Waals surface area contributed by atoms with Gasteiger partial charge in [0.15, 0.2) is 17.4 Å². The van der Waals surface area contributed by atoms with Crippen molar-refractivity contribution >= 4 is 44.7 Å². The van der Waals surface area contributed by atoms with Gasteiger partial charge < -0.3 is 5.32 Å². The third-order valence-corrected chi connectivity index (χ3v) is 7.16. The van der Waals surface area contributed by atoms with Crippen molar-refractivity contribution in [2.45, 2.75) is 11.3 Å². The number of fused-ring (bicyclic) bond motifs is 1. The highest BCUT2D eigenvalue weighted by Crippen LogP contribution is 2.35. The third kappa shape index (κ3) is 4.19. The van der Waals surface area contributed by atoms with Crippen LogP contribution in [-0.4, -0.2) is 26.7 Å². The average Bonchev–Trinajstić information content (AvgIpc) is 2.75. The van der Waals surface area contributed by atoms with Gasteiger partial charge >= 0.3 is 0 Å². The van der Waals surface area contributed by atoms with E-state index in [1.165, 1.54) is 30.3 Å². The average molecular weight is 495 g/mol. The molecular weight excluding hydrogens is 481 g/mol. The normalized spacial score (nSPS) is 13.6. The van der Waals surface area contributed by atoms with Gasteiger partial charge in [0.25, 0.3) is 15.9 Å². The lowest BCUT2D eigenvalue weighted by Crippen LogP contribution is -2.37. The first-order valence-electron chi connectivity index (χ1n) is 9.50. The van der Waals surface area contributed by atoms with Gasteiger partial charge in [0.05, 0.1) is 21.2 Å². The molecule has 1 N–H and O–H groups in total. The number of sulfonamides is 1. The molecule has 33 heavy (non-hydrogen) atoms. The predicted molar refractivity (Wildman–Crippen MR) is 116 cm³/mol. The van der Waals surface area contributed by atoms with E-state index in [0.29, 0.717) is 12.1 Å². The first-order valence-corrected chi connectivity index (χ1v) is 11.3. The van der Waals surface area contributed by atoms with Gasteiger partial charge in [-0.05, 0) is 48.5 Å². The van der Waals surface area contributed by atoms with Crippen LogP contribution in [0.1, 0.15) is 27.1 Å². The van der Waals surface area contributed by atoms with E-state index in [0.717, 1.165) is 16.4 Å². The zero-order chi connectivity index (χ0) is 23.9. The van der Waals surface area contributed by atoms with Crippen molar-refractivity contribution in [2.75, 3.05) is 16.2 Å². The Bertz CT molecular complexity index is 1390. The Labute approximate surface area is 191 Å². The fraction of sp³-hybridized carbons (Fsp3) is 0.0909. The number of hydrogen-bond donors (Lipinski definition) is 1. The monoisotopic (exact) mass is 494 g/mol. The number of hydrogen-bond acceptors (Lipinski definition) is 4. The maximum atomic E-state index is 14.1.